The number of benzene rings is 1. The van der Waals surface area contributed by atoms with E-state index in [0.717, 1.165) is 5.56 Å². The van der Waals surface area contributed by atoms with Crippen molar-refractivity contribution in [2.45, 2.75) is 20.0 Å². The maximum atomic E-state index is 12.9. The summed E-state index contributed by atoms with van der Waals surface area (Å²) in [5.74, 6) is -0.109. The first-order chi connectivity index (χ1) is 15.3. The summed E-state index contributed by atoms with van der Waals surface area (Å²) in [5, 5.41) is 26.3. The van der Waals surface area contributed by atoms with Crippen molar-refractivity contribution >= 4 is 45.1 Å². The zero-order chi connectivity index (χ0) is 22.8. The number of hydrogen-bond donors (Lipinski definition) is 1. The molecule has 0 aliphatic carbocycles. The Morgan fingerprint density at radius 3 is 2.66 bits per heavy atom. The highest BCUT2D eigenvalue weighted by atomic mass is 79.9. The lowest BCUT2D eigenvalue weighted by Crippen LogP contribution is -2.17. The average Bonchev–Trinajstić information content (AvgIpc) is 3.45. The molecule has 0 fully saturated rings. The second-order valence-electron chi connectivity index (χ2n) is 6.80. The first-order valence-electron chi connectivity index (χ1n) is 9.22. The molecular weight excluding hydrogens is 506 g/mol. The maximum absolute atomic E-state index is 12.9. The Balaban J connectivity index is 1.50. The van der Waals surface area contributed by atoms with Gasteiger partial charge in [0.15, 0.2) is 11.5 Å². The molecule has 1 N–H and O–H groups in total. The Kier molecular flexibility index (Phi) is 6.06. The van der Waals surface area contributed by atoms with Gasteiger partial charge in [0.2, 0.25) is 0 Å². The molecule has 3 heterocycles. The monoisotopic (exact) mass is 519 g/mol. The molecule has 32 heavy (non-hydrogen) atoms. The van der Waals surface area contributed by atoms with Crippen LogP contribution in [-0.4, -0.2) is 35.5 Å². The van der Waals surface area contributed by atoms with Crippen molar-refractivity contribution in [1.82, 2.24) is 24.7 Å². The lowest BCUT2D eigenvalue weighted by atomic mass is 10.2. The zero-order valence-electron chi connectivity index (χ0n) is 16.5. The van der Waals surface area contributed by atoms with Crippen molar-refractivity contribution in [2.75, 3.05) is 5.32 Å². The number of carbonyl (C=O) groups is 1. The van der Waals surface area contributed by atoms with Crippen LogP contribution in [0.1, 0.15) is 27.4 Å². The Bertz CT molecular complexity index is 1300. The SMILES string of the molecule is Cc1onc(C(=O)Nc2nn(Cc3ccc(Cl)cc3)cc2Br)c1Cn1ccc([N+](=O)[O-])n1. The minimum Gasteiger partial charge on any atom is -0.361 e. The van der Waals surface area contributed by atoms with E-state index >= 15 is 0 Å². The van der Waals surface area contributed by atoms with Crippen LogP contribution in [0, 0.1) is 17.0 Å². The van der Waals surface area contributed by atoms with E-state index in [-0.39, 0.29) is 18.1 Å². The van der Waals surface area contributed by atoms with Gasteiger partial charge in [-0.05, 0) is 45.5 Å². The molecule has 1 aromatic carbocycles. The minimum atomic E-state index is -0.595. The van der Waals surface area contributed by atoms with Crippen LogP contribution in [-0.2, 0) is 13.1 Å². The lowest BCUT2D eigenvalue weighted by Gasteiger charge is -2.03. The molecule has 0 spiro atoms. The third-order valence-electron chi connectivity index (χ3n) is 4.54. The summed E-state index contributed by atoms with van der Waals surface area (Å²) in [7, 11) is 0. The number of aromatic nitrogens is 5. The van der Waals surface area contributed by atoms with E-state index in [9.17, 15) is 14.9 Å². The molecule has 0 bridgehead atoms. The molecule has 0 saturated carbocycles. The second kappa shape index (κ2) is 8.93. The first-order valence-corrected chi connectivity index (χ1v) is 10.4. The molecule has 164 valence electrons. The summed E-state index contributed by atoms with van der Waals surface area (Å²) in [6.07, 6.45) is 3.18. The molecule has 0 saturated heterocycles. The van der Waals surface area contributed by atoms with Gasteiger partial charge in [0, 0.05) is 11.2 Å². The summed E-state index contributed by atoms with van der Waals surface area (Å²) in [6.45, 7) is 2.21. The van der Waals surface area contributed by atoms with Crippen molar-refractivity contribution in [3.63, 3.8) is 0 Å². The molecule has 11 nitrogen and oxygen atoms in total. The van der Waals surface area contributed by atoms with Gasteiger partial charge in [-0.1, -0.05) is 28.9 Å². The van der Waals surface area contributed by atoms with Gasteiger partial charge in [0.25, 0.3) is 5.91 Å². The molecule has 0 atom stereocenters. The van der Waals surface area contributed by atoms with E-state index in [1.54, 1.807) is 29.9 Å². The van der Waals surface area contributed by atoms with Crippen LogP contribution < -0.4 is 5.32 Å². The summed E-state index contributed by atoms with van der Waals surface area (Å²) in [6, 6.07) is 8.63. The van der Waals surface area contributed by atoms with Crippen molar-refractivity contribution in [2.24, 2.45) is 0 Å². The van der Waals surface area contributed by atoms with Crippen molar-refractivity contribution in [1.29, 1.82) is 0 Å². The molecular formula is C19H15BrClN7O4. The van der Waals surface area contributed by atoms with Gasteiger partial charge in [0.1, 0.15) is 5.76 Å². The quantitative estimate of drug-likeness (QED) is 0.287. The Hall–Kier alpha value is -3.51. The topological polar surface area (TPSA) is 134 Å². The predicted molar refractivity (Wildman–Crippen MR) is 118 cm³/mol. The van der Waals surface area contributed by atoms with E-state index in [0.29, 0.717) is 33.2 Å². The summed E-state index contributed by atoms with van der Waals surface area (Å²) < 4.78 is 8.76. The van der Waals surface area contributed by atoms with Gasteiger partial charge < -0.3 is 20.0 Å². The fourth-order valence-electron chi connectivity index (χ4n) is 2.96. The van der Waals surface area contributed by atoms with Crippen LogP contribution in [0.2, 0.25) is 5.02 Å². The normalized spacial score (nSPS) is 11.0. The Morgan fingerprint density at radius 2 is 1.97 bits per heavy atom. The van der Waals surface area contributed by atoms with Gasteiger partial charge in [0.05, 0.1) is 40.5 Å². The predicted octanol–water partition coefficient (Wildman–Crippen LogP) is 4.05. The standard InChI is InChI=1S/C19H15BrClN7O4/c1-11-14(9-26-7-6-16(23-26)28(30)31)17(25-32-11)19(29)22-18-15(20)10-27(24-18)8-12-2-4-13(21)5-3-12/h2-7,10H,8-9H2,1H3,(H,22,24,29). The number of halogens is 2. The maximum Gasteiger partial charge on any atom is 0.389 e. The Labute approximate surface area is 194 Å². The summed E-state index contributed by atoms with van der Waals surface area (Å²) in [5.41, 5.74) is 1.49. The van der Waals surface area contributed by atoms with Crippen LogP contribution in [0.25, 0.3) is 0 Å². The fraction of sp³-hybridized carbons (Fsp3) is 0.158. The molecule has 13 heteroatoms. The van der Waals surface area contributed by atoms with Gasteiger partial charge in [-0.2, -0.15) is 9.78 Å². The highest BCUT2D eigenvalue weighted by Crippen LogP contribution is 2.23. The number of nitrogens with zero attached hydrogens (tertiary/aromatic N) is 6. The van der Waals surface area contributed by atoms with Crippen LogP contribution in [0.15, 0.2) is 51.7 Å². The average molecular weight is 521 g/mol. The molecule has 0 aliphatic heterocycles. The molecule has 0 aliphatic rings. The van der Waals surface area contributed by atoms with Crippen LogP contribution in [0.4, 0.5) is 11.6 Å². The second-order valence-corrected chi connectivity index (χ2v) is 8.09. The molecule has 0 radical (unpaired) electrons. The number of rotatable bonds is 7. The van der Waals surface area contributed by atoms with E-state index in [1.165, 1.54) is 16.9 Å². The molecule has 0 unspecified atom stereocenters. The van der Waals surface area contributed by atoms with Gasteiger partial charge in [-0.3, -0.25) is 9.48 Å². The number of amides is 1. The van der Waals surface area contributed by atoms with Crippen LogP contribution in [0.3, 0.4) is 0 Å². The summed E-state index contributed by atoms with van der Waals surface area (Å²) in [4.78, 5) is 23.1. The molecule has 1 amide bonds. The number of carbonyl (C=O) groups excluding carboxylic acids is 1. The van der Waals surface area contributed by atoms with Gasteiger partial charge in [-0.25, -0.2) is 0 Å². The van der Waals surface area contributed by atoms with E-state index in [2.05, 4.69) is 36.6 Å². The zero-order valence-corrected chi connectivity index (χ0v) is 18.9. The number of nitro groups is 1. The highest BCUT2D eigenvalue weighted by Gasteiger charge is 2.23. The smallest absolute Gasteiger partial charge is 0.361 e. The third kappa shape index (κ3) is 4.70. The number of aryl methyl sites for hydroxylation is 1. The minimum absolute atomic E-state index is 0.0415. The van der Waals surface area contributed by atoms with Crippen molar-refractivity contribution in [3.8, 4) is 0 Å². The van der Waals surface area contributed by atoms with Gasteiger partial charge in [-0.15, -0.1) is 0 Å². The van der Waals surface area contributed by atoms with Crippen molar-refractivity contribution in [3.05, 3.63) is 84.9 Å². The molecule has 4 aromatic rings. The van der Waals surface area contributed by atoms with E-state index in [1.807, 2.05) is 12.1 Å². The lowest BCUT2D eigenvalue weighted by molar-refractivity contribution is -0.389. The third-order valence-corrected chi connectivity index (χ3v) is 5.37. The largest absolute Gasteiger partial charge is 0.389 e. The number of anilines is 1. The number of hydrogen-bond acceptors (Lipinski definition) is 7. The first kappa shape index (κ1) is 21.7. The molecule has 3 aromatic heterocycles. The highest BCUT2D eigenvalue weighted by molar-refractivity contribution is 9.10. The number of nitrogens with one attached hydrogen (secondary N) is 1. The van der Waals surface area contributed by atoms with E-state index < -0.39 is 10.8 Å². The van der Waals surface area contributed by atoms with Crippen LogP contribution >= 0.6 is 27.5 Å². The van der Waals surface area contributed by atoms with E-state index in [4.69, 9.17) is 16.1 Å². The van der Waals surface area contributed by atoms with Gasteiger partial charge >= 0.3 is 5.82 Å². The van der Waals surface area contributed by atoms with Crippen molar-refractivity contribution < 1.29 is 14.2 Å². The fourth-order valence-corrected chi connectivity index (χ4v) is 3.50. The Morgan fingerprint density at radius 1 is 1.22 bits per heavy atom. The summed E-state index contributed by atoms with van der Waals surface area (Å²) >= 11 is 9.31. The van der Waals surface area contributed by atoms with Crippen LogP contribution in [0.5, 0.6) is 0 Å². The molecule has 4 rings (SSSR count).